The number of carbonyl (C=O) groups excluding carboxylic acids is 1. The van der Waals surface area contributed by atoms with E-state index in [1.165, 1.54) is 5.56 Å². The first-order chi connectivity index (χ1) is 8.90. The molecule has 1 aromatic carbocycles. The molecule has 1 atom stereocenters. The summed E-state index contributed by atoms with van der Waals surface area (Å²) in [5.41, 5.74) is 0.753. The molecule has 19 heavy (non-hydrogen) atoms. The molecule has 0 aromatic heterocycles. The van der Waals surface area contributed by atoms with E-state index in [0.29, 0.717) is 6.54 Å². The van der Waals surface area contributed by atoms with Crippen molar-refractivity contribution in [1.29, 1.82) is 0 Å². The van der Waals surface area contributed by atoms with Crippen LogP contribution in [0.4, 0.5) is 0 Å². The molecule has 4 nitrogen and oxygen atoms in total. The van der Waals surface area contributed by atoms with Gasteiger partial charge in [-0.25, -0.2) is 0 Å². The Morgan fingerprint density at radius 1 is 1.32 bits per heavy atom. The van der Waals surface area contributed by atoms with E-state index in [2.05, 4.69) is 17.6 Å². The highest BCUT2D eigenvalue weighted by molar-refractivity contribution is 5.81. The van der Waals surface area contributed by atoms with Crippen LogP contribution < -0.4 is 15.4 Å². The Balaban J connectivity index is 2.59. The highest BCUT2D eigenvalue weighted by Gasteiger charge is 2.26. The van der Waals surface area contributed by atoms with Crippen molar-refractivity contribution in [2.75, 3.05) is 20.7 Å². The fraction of sp³-hybridized carbons (Fsp3) is 0.533. The molecular weight excluding hydrogens is 240 g/mol. The van der Waals surface area contributed by atoms with Crippen LogP contribution in [0.5, 0.6) is 5.75 Å². The van der Waals surface area contributed by atoms with Crippen molar-refractivity contribution in [3.8, 4) is 5.75 Å². The molecule has 1 rings (SSSR count). The van der Waals surface area contributed by atoms with E-state index in [4.69, 9.17) is 4.74 Å². The van der Waals surface area contributed by atoms with Gasteiger partial charge in [-0.1, -0.05) is 12.1 Å². The molecule has 1 amide bonds. The van der Waals surface area contributed by atoms with Crippen molar-refractivity contribution >= 4 is 5.91 Å². The van der Waals surface area contributed by atoms with Crippen molar-refractivity contribution in [2.45, 2.75) is 26.8 Å². The number of methoxy groups -OCH3 is 1. The van der Waals surface area contributed by atoms with Crippen LogP contribution in [0, 0.1) is 5.41 Å². The molecule has 0 saturated carbocycles. The summed E-state index contributed by atoms with van der Waals surface area (Å²) in [6.07, 6.45) is 0. The maximum absolute atomic E-state index is 11.7. The van der Waals surface area contributed by atoms with Gasteiger partial charge in [-0.3, -0.25) is 4.79 Å². The second-order valence-corrected chi connectivity index (χ2v) is 5.34. The van der Waals surface area contributed by atoms with Crippen LogP contribution in [0.15, 0.2) is 24.3 Å². The van der Waals surface area contributed by atoms with Crippen LogP contribution in [0.1, 0.15) is 32.4 Å². The number of carbonyl (C=O) groups is 1. The summed E-state index contributed by atoms with van der Waals surface area (Å²) in [5.74, 6) is 0.892. The first kappa shape index (κ1) is 15.5. The van der Waals surface area contributed by atoms with Crippen molar-refractivity contribution in [2.24, 2.45) is 5.41 Å². The van der Waals surface area contributed by atoms with Gasteiger partial charge >= 0.3 is 0 Å². The van der Waals surface area contributed by atoms with Gasteiger partial charge in [0.05, 0.1) is 12.5 Å². The van der Waals surface area contributed by atoms with E-state index in [9.17, 15) is 4.79 Å². The minimum Gasteiger partial charge on any atom is -0.497 e. The second-order valence-electron chi connectivity index (χ2n) is 5.34. The minimum atomic E-state index is -0.421. The van der Waals surface area contributed by atoms with E-state index in [1.807, 2.05) is 38.1 Å². The number of nitrogens with one attached hydrogen (secondary N) is 2. The second kappa shape index (κ2) is 6.57. The number of rotatable bonds is 6. The zero-order valence-electron chi connectivity index (χ0n) is 12.4. The summed E-state index contributed by atoms with van der Waals surface area (Å²) in [4.78, 5) is 11.7. The predicted molar refractivity (Wildman–Crippen MR) is 77.3 cm³/mol. The smallest absolute Gasteiger partial charge is 0.226 e. The van der Waals surface area contributed by atoms with Gasteiger partial charge in [0.2, 0.25) is 5.91 Å². The summed E-state index contributed by atoms with van der Waals surface area (Å²) in [6, 6.07) is 8.14. The van der Waals surface area contributed by atoms with Crippen LogP contribution >= 0.6 is 0 Å². The lowest BCUT2D eigenvalue weighted by Gasteiger charge is -2.25. The number of hydrogen-bond donors (Lipinski definition) is 2. The number of amides is 1. The fourth-order valence-corrected chi connectivity index (χ4v) is 1.84. The molecule has 0 fully saturated rings. The average molecular weight is 264 g/mol. The van der Waals surface area contributed by atoms with Crippen LogP contribution in [-0.2, 0) is 4.79 Å². The highest BCUT2D eigenvalue weighted by atomic mass is 16.5. The van der Waals surface area contributed by atoms with Gasteiger partial charge in [0.15, 0.2) is 0 Å². The molecule has 0 spiro atoms. The van der Waals surface area contributed by atoms with Gasteiger partial charge in [0.1, 0.15) is 5.75 Å². The van der Waals surface area contributed by atoms with Crippen LogP contribution in [-0.4, -0.2) is 26.6 Å². The first-order valence-corrected chi connectivity index (χ1v) is 6.50. The topological polar surface area (TPSA) is 50.4 Å². The largest absolute Gasteiger partial charge is 0.497 e. The van der Waals surface area contributed by atoms with Crippen LogP contribution in [0.2, 0.25) is 0 Å². The van der Waals surface area contributed by atoms with Crippen molar-refractivity contribution < 1.29 is 9.53 Å². The van der Waals surface area contributed by atoms with E-state index in [0.717, 1.165) is 5.75 Å². The highest BCUT2D eigenvalue weighted by Crippen LogP contribution is 2.19. The molecule has 1 aromatic rings. The first-order valence-electron chi connectivity index (χ1n) is 6.50. The Morgan fingerprint density at radius 3 is 2.37 bits per heavy atom. The Kier molecular flexibility index (Phi) is 5.36. The molecular formula is C15H24N2O2. The Bertz CT molecular complexity index is 413. The lowest BCUT2D eigenvalue weighted by Crippen LogP contribution is -2.42. The SMILES string of the molecule is CNC(=O)C(C)(C)CNC(C)c1ccc(OC)cc1. The summed E-state index contributed by atoms with van der Waals surface area (Å²) >= 11 is 0. The number of ether oxygens (including phenoxy) is 1. The molecule has 0 heterocycles. The maximum atomic E-state index is 11.7. The molecule has 1 unspecified atom stereocenters. The molecule has 0 bridgehead atoms. The zero-order valence-corrected chi connectivity index (χ0v) is 12.4. The normalized spacial score (nSPS) is 12.9. The molecule has 0 saturated heterocycles. The summed E-state index contributed by atoms with van der Waals surface area (Å²) in [5, 5.41) is 6.08. The molecule has 4 heteroatoms. The van der Waals surface area contributed by atoms with Crippen molar-refractivity contribution in [1.82, 2.24) is 10.6 Å². The molecule has 0 aliphatic heterocycles. The summed E-state index contributed by atoms with van der Waals surface area (Å²) < 4.78 is 5.14. The molecule has 0 aliphatic carbocycles. The Morgan fingerprint density at radius 2 is 1.89 bits per heavy atom. The van der Waals surface area contributed by atoms with Gasteiger partial charge in [0, 0.05) is 19.6 Å². The lowest BCUT2D eigenvalue weighted by atomic mass is 9.91. The number of hydrogen-bond acceptors (Lipinski definition) is 3. The lowest BCUT2D eigenvalue weighted by molar-refractivity contribution is -0.128. The average Bonchev–Trinajstić information content (AvgIpc) is 2.43. The number of benzene rings is 1. The third kappa shape index (κ3) is 4.24. The van der Waals surface area contributed by atoms with E-state index in [1.54, 1.807) is 14.2 Å². The predicted octanol–water partition coefficient (Wildman–Crippen LogP) is 2.12. The van der Waals surface area contributed by atoms with E-state index in [-0.39, 0.29) is 11.9 Å². The van der Waals surface area contributed by atoms with E-state index >= 15 is 0 Å². The third-order valence-corrected chi connectivity index (χ3v) is 3.31. The van der Waals surface area contributed by atoms with Gasteiger partial charge < -0.3 is 15.4 Å². The Labute approximate surface area is 115 Å². The maximum Gasteiger partial charge on any atom is 0.226 e. The standard InChI is InChI=1S/C15H24N2O2/c1-11(12-6-8-13(19-5)9-7-12)17-10-15(2,3)14(18)16-4/h6-9,11,17H,10H2,1-5H3,(H,16,18). The Hall–Kier alpha value is -1.55. The molecule has 106 valence electrons. The quantitative estimate of drug-likeness (QED) is 0.827. The molecule has 0 radical (unpaired) electrons. The molecule has 2 N–H and O–H groups in total. The molecule has 0 aliphatic rings. The van der Waals surface area contributed by atoms with Gasteiger partial charge in [0.25, 0.3) is 0 Å². The van der Waals surface area contributed by atoms with Gasteiger partial charge in [-0.05, 0) is 38.5 Å². The van der Waals surface area contributed by atoms with Crippen LogP contribution in [0.25, 0.3) is 0 Å². The van der Waals surface area contributed by atoms with Gasteiger partial charge in [-0.2, -0.15) is 0 Å². The monoisotopic (exact) mass is 264 g/mol. The van der Waals surface area contributed by atoms with Gasteiger partial charge in [-0.15, -0.1) is 0 Å². The van der Waals surface area contributed by atoms with Crippen molar-refractivity contribution in [3.05, 3.63) is 29.8 Å². The third-order valence-electron chi connectivity index (χ3n) is 3.31. The van der Waals surface area contributed by atoms with Crippen LogP contribution in [0.3, 0.4) is 0 Å². The van der Waals surface area contributed by atoms with Crippen molar-refractivity contribution in [3.63, 3.8) is 0 Å². The van der Waals surface area contributed by atoms with E-state index < -0.39 is 5.41 Å². The fourth-order valence-electron chi connectivity index (χ4n) is 1.84. The summed E-state index contributed by atoms with van der Waals surface area (Å²) in [7, 11) is 3.32. The summed E-state index contributed by atoms with van der Waals surface area (Å²) in [6.45, 7) is 6.57. The zero-order chi connectivity index (χ0) is 14.5. The minimum absolute atomic E-state index is 0.0435.